The van der Waals surface area contributed by atoms with Crippen molar-refractivity contribution in [3.8, 4) is 5.75 Å². The molecule has 0 saturated heterocycles. The normalized spacial score (nSPS) is 13.0. The number of benzene rings is 1. The fourth-order valence-electron chi connectivity index (χ4n) is 3.25. The Labute approximate surface area is 173 Å². The molecule has 29 heavy (non-hydrogen) atoms. The number of rotatable bonds is 6. The zero-order valence-electron chi connectivity index (χ0n) is 16.4. The van der Waals surface area contributed by atoms with Gasteiger partial charge in [0.1, 0.15) is 10.8 Å². The fourth-order valence-corrected chi connectivity index (χ4v) is 4.55. The summed E-state index contributed by atoms with van der Waals surface area (Å²) < 4.78 is 5.57. The minimum Gasteiger partial charge on any atom is -0.493 e. The van der Waals surface area contributed by atoms with Crippen LogP contribution >= 0.6 is 11.3 Å². The quantitative estimate of drug-likeness (QED) is 0.499. The number of carbonyl (C=O) groups is 3. The van der Waals surface area contributed by atoms with Gasteiger partial charge in [-0.25, -0.2) is 0 Å². The average molecular weight is 416 g/mol. The Morgan fingerprint density at radius 1 is 1.03 bits per heavy atom. The number of para-hydroxylation sites is 1. The lowest BCUT2D eigenvalue weighted by Crippen LogP contribution is -2.40. The van der Waals surface area contributed by atoms with Gasteiger partial charge < -0.3 is 10.1 Å². The van der Waals surface area contributed by atoms with Crippen LogP contribution in [0.2, 0.25) is 0 Å². The molecule has 8 heteroatoms. The first-order valence-corrected chi connectivity index (χ1v) is 10.6. The van der Waals surface area contributed by atoms with Crippen LogP contribution in [-0.2, 0) is 22.4 Å². The highest BCUT2D eigenvalue weighted by atomic mass is 32.1. The van der Waals surface area contributed by atoms with E-state index in [9.17, 15) is 14.4 Å². The van der Waals surface area contributed by atoms with Crippen molar-refractivity contribution in [1.29, 1.82) is 0 Å². The second-order valence-electron chi connectivity index (χ2n) is 6.86. The van der Waals surface area contributed by atoms with E-state index in [1.165, 1.54) is 18.3 Å². The van der Waals surface area contributed by atoms with Crippen LogP contribution in [0.15, 0.2) is 30.3 Å². The van der Waals surface area contributed by atoms with Gasteiger partial charge in [-0.2, -0.15) is 0 Å². The van der Waals surface area contributed by atoms with E-state index in [0.29, 0.717) is 16.3 Å². The standard InChI is InChI=1S/C21H25N3O4S/c1-14(25)23-24-20(27)19-16-10-6-3-7-11-17(16)29-21(19)22-18(26)12-13-28-15-8-4-2-5-9-15/h2,4-5,8-9H,3,6-7,10-13H2,1H3,(H,22,26)(H,23,25)(H,24,27). The van der Waals surface area contributed by atoms with Gasteiger partial charge in [0.25, 0.3) is 5.91 Å². The maximum atomic E-state index is 12.7. The number of hydrogen-bond acceptors (Lipinski definition) is 5. The van der Waals surface area contributed by atoms with Gasteiger partial charge in [0.2, 0.25) is 11.8 Å². The molecule has 0 bridgehead atoms. The molecule has 0 unspecified atom stereocenters. The van der Waals surface area contributed by atoms with Crippen molar-refractivity contribution in [2.75, 3.05) is 11.9 Å². The third-order valence-electron chi connectivity index (χ3n) is 4.59. The minimum atomic E-state index is -0.407. The van der Waals surface area contributed by atoms with Crippen molar-refractivity contribution < 1.29 is 19.1 Å². The molecule has 0 fully saturated rings. The Kier molecular flexibility index (Phi) is 7.24. The molecule has 1 aliphatic carbocycles. The van der Waals surface area contributed by atoms with Gasteiger partial charge in [-0.15, -0.1) is 11.3 Å². The third-order valence-corrected chi connectivity index (χ3v) is 5.80. The number of nitrogens with one attached hydrogen (secondary N) is 3. The van der Waals surface area contributed by atoms with E-state index in [1.807, 2.05) is 30.3 Å². The van der Waals surface area contributed by atoms with Crippen LogP contribution in [0.4, 0.5) is 5.00 Å². The largest absolute Gasteiger partial charge is 0.493 e. The molecule has 3 rings (SSSR count). The predicted octanol–water partition coefficient (Wildman–Crippen LogP) is 3.21. The number of hydrazine groups is 1. The summed E-state index contributed by atoms with van der Waals surface area (Å²) >= 11 is 1.45. The van der Waals surface area contributed by atoms with Crippen molar-refractivity contribution in [2.45, 2.75) is 45.4 Å². The van der Waals surface area contributed by atoms with E-state index >= 15 is 0 Å². The van der Waals surface area contributed by atoms with Crippen LogP contribution in [0.3, 0.4) is 0 Å². The molecule has 3 amide bonds. The third kappa shape index (κ3) is 5.80. The van der Waals surface area contributed by atoms with Crippen LogP contribution in [0.25, 0.3) is 0 Å². The van der Waals surface area contributed by atoms with Crippen LogP contribution in [0.1, 0.15) is 53.4 Å². The number of thiophene rings is 1. The number of anilines is 1. The Hall–Kier alpha value is -2.87. The molecule has 1 aromatic heterocycles. The van der Waals surface area contributed by atoms with Crippen LogP contribution in [0, 0.1) is 0 Å². The van der Waals surface area contributed by atoms with Gasteiger partial charge in [0.05, 0.1) is 18.6 Å². The van der Waals surface area contributed by atoms with Crippen molar-refractivity contribution in [3.05, 3.63) is 46.3 Å². The van der Waals surface area contributed by atoms with Crippen molar-refractivity contribution >= 4 is 34.1 Å². The van der Waals surface area contributed by atoms with Gasteiger partial charge in [0.15, 0.2) is 0 Å². The minimum absolute atomic E-state index is 0.171. The summed E-state index contributed by atoms with van der Waals surface area (Å²) in [4.78, 5) is 37.4. The zero-order valence-corrected chi connectivity index (χ0v) is 17.2. The molecule has 0 radical (unpaired) electrons. The summed E-state index contributed by atoms with van der Waals surface area (Å²) in [6.07, 6.45) is 5.05. The van der Waals surface area contributed by atoms with Gasteiger partial charge in [-0.3, -0.25) is 25.2 Å². The number of aryl methyl sites for hydroxylation is 1. The summed E-state index contributed by atoms with van der Waals surface area (Å²) in [6.45, 7) is 1.57. The Balaban J connectivity index is 1.69. The Morgan fingerprint density at radius 2 is 1.79 bits per heavy atom. The SMILES string of the molecule is CC(=O)NNC(=O)c1c(NC(=O)CCOc2ccccc2)sc2c1CCCCC2. The van der Waals surface area contributed by atoms with E-state index in [-0.39, 0.29) is 24.8 Å². The molecule has 0 saturated carbocycles. The topological polar surface area (TPSA) is 96.5 Å². The van der Waals surface area contributed by atoms with Crippen LogP contribution in [0.5, 0.6) is 5.75 Å². The first-order chi connectivity index (χ1) is 14.0. The number of fused-ring (bicyclic) bond motifs is 1. The van der Waals surface area contributed by atoms with Gasteiger partial charge in [-0.05, 0) is 43.4 Å². The van der Waals surface area contributed by atoms with E-state index in [0.717, 1.165) is 42.5 Å². The molecule has 7 nitrogen and oxygen atoms in total. The fraction of sp³-hybridized carbons (Fsp3) is 0.381. The monoisotopic (exact) mass is 415 g/mol. The molecule has 2 aromatic rings. The number of ether oxygens (including phenoxy) is 1. The number of amides is 3. The molecule has 0 atom stereocenters. The maximum Gasteiger partial charge on any atom is 0.272 e. The lowest BCUT2D eigenvalue weighted by Gasteiger charge is -2.10. The maximum absolute atomic E-state index is 12.7. The lowest BCUT2D eigenvalue weighted by atomic mass is 10.1. The highest BCUT2D eigenvalue weighted by Crippen LogP contribution is 2.37. The number of hydrogen-bond donors (Lipinski definition) is 3. The van der Waals surface area contributed by atoms with Crippen LogP contribution in [-0.4, -0.2) is 24.3 Å². The molecule has 3 N–H and O–H groups in total. The summed E-state index contributed by atoms with van der Waals surface area (Å²) in [7, 11) is 0. The highest BCUT2D eigenvalue weighted by molar-refractivity contribution is 7.17. The van der Waals surface area contributed by atoms with Gasteiger partial charge >= 0.3 is 0 Å². The molecule has 154 valence electrons. The van der Waals surface area contributed by atoms with Crippen molar-refractivity contribution in [3.63, 3.8) is 0 Å². The zero-order chi connectivity index (χ0) is 20.6. The smallest absolute Gasteiger partial charge is 0.272 e. The summed E-state index contributed by atoms with van der Waals surface area (Å²) in [6, 6.07) is 9.30. The molecule has 0 spiro atoms. The average Bonchev–Trinajstić information content (AvgIpc) is 2.87. The summed E-state index contributed by atoms with van der Waals surface area (Å²) in [5, 5.41) is 3.40. The molecule has 1 aromatic carbocycles. The van der Waals surface area contributed by atoms with E-state index in [2.05, 4.69) is 16.2 Å². The second kappa shape index (κ2) is 10.1. The molecular formula is C21H25N3O4S. The van der Waals surface area contributed by atoms with Gasteiger partial charge in [0, 0.05) is 11.8 Å². The first-order valence-electron chi connectivity index (χ1n) is 9.73. The lowest BCUT2D eigenvalue weighted by molar-refractivity contribution is -0.119. The number of carbonyl (C=O) groups excluding carboxylic acids is 3. The van der Waals surface area contributed by atoms with Crippen molar-refractivity contribution in [1.82, 2.24) is 10.9 Å². The summed E-state index contributed by atoms with van der Waals surface area (Å²) in [5.74, 6) is -0.275. The highest BCUT2D eigenvalue weighted by Gasteiger charge is 2.25. The second-order valence-corrected chi connectivity index (χ2v) is 7.97. The van der Waals surface area contributed by atoms with E-state index in [1.54, 1.807) is 0 Å². The van der Waals surface area contributed by atoms with E-state index in [4.69, 9.17) is 4.74 Å². The molecule has 1 heterocycles. The Morgan fingerprint density at radius 3 is 2.55 bits per heavy atom. The first kappa shape index (κ1) is 20.9. The molecular weight excluding hydrogens is 390 g/mol. The predicted molar refractivity (Wildman–Crippen MR) is 112 cm³/mol. The molecule has 0 aliphatic heterocycles. The summed E-state index contributed by atoms with van der Waals surface area (Å²) in [5.41, 5.74) is 6.18. The van der Waals surface area contributed by atoms with E-state index < -0.39 is 5.91 Å². The molecule has 1 aliphatic rings. The Bertz CT molecular complexity index is 880. The van der Waals surface area contributed by atoms with Crippen molar-refractivity contribution in [2.24, 2.45) is 0 Å². The van der Waals surface area contributed by atoms with Gasteiger partial charge in [-0.1, -0.05) is 24.6 Å². The van der Waals surface area contributed by atoms with Crippen LogP contribution < -0.4 is 20.9 Å².